The Morgan fingerprint density at radius 3 is 2.41 bits per heavy atom. The lowest BCUT2D eigenvalue weighted by Gasteiger charge is -2.18. The number of nitrogens with one attached hydrogen (secondary N) is 1. The zero-order valence-corrected chi connectivity index (χ0v) is 17.4. The number of amidine groups is 1. The molecular formula is C19H22N4O2S2. The summed E-state index contributed by atoms with van der Waals surface area (Å²) < 4.78 is 24.5. The molecule has 1 aliphatic rings. The summed E-state index contributed by atoms with van der Waals surface area (Å²) in [5.74, 6) is 0.692. The maximum Gasteiger partial charge on any atom is 0.231 e. The second kappa shape index (κ2) is 7.74. The Balaban J connectivity index is 1.74. The maximum absolute atomic E-state index is 11.6. The second-order valence-electron chi connectivity index (χ2n) is 6.44. The Morgan fingerprint density at radius 1 is 1.15 bits per heavy atom. The molecule has 0 saturated carbocycles. The fourth-order valence-corrected chi connectivity index (χ4v) is 3.90. The highest BCUT2D eigenvalue weighted by Gasteiger charge is 2.15. The minimum Gasteiger partial charge on any atom is -0.274 e. The van der Waals surface area contributed by atoms with Crippen LogP contribution in [0.3, 0.4) is 0 Å². The van der Waals surface area contributed by atoms with Crippen LogP contribution in [-0.2, 0) is 10.0 Å². The predicted octanol–water partition coefficient (Wildman–Crippen LogP) is 3.43. The summed E-state index contributed by atoms with van der Waals surface area (Å²) in [6, 6.07) is 13.5. The van der Waals surface area contributed by atoms with Crippen LogP contribution in [0.25, 0.3) is 0 Å². The number of nitrogens with zero attached hydrogens (tertiary/aromatic N) is 3. The van der Waals surface area contributed by atoms with Gasteiger partial charge in [-0.3, -0.25) is 9.73 Å². The first kappa shape index (κ1) is 19.4. The van der Waals surface area contributed by atoms with E-state index in [4.69, 9.17) is 0 Å². The van der Waals surface area contributed by atoms with E-state index in [-0.39, 0.29) is 0 Å². The van der Waals surface area contributed by atoms with Crippen molar-refractivity contribution in [3.8, 4) is 0 Å². The van der Waals surface area contributed by atoms with Crippen LogP contribution in [0.15, 0.2) is 52.6 Å². The fraction of sp³-hybridized carbons (Fsp3) is 0.263. The molecule has 0 radical (unpaired) electrons. The molecule has 0 amide bonds. The first-order valence-corrected chi connectivity index (χ1v) is 11.2. The zero-order chi connectivity index (χ0) is 19.6. The highest BCUT2D eigenvalue weighted by molar-refractivity contribution is 8.14. The van der Waals surface area contributed by atoms with Crippen LogP contribution in [-0.4, -0.2) is 38.4 Å². The van der Waals surface area contributed by atoms with Crippen LogP contribution in [0.4, 0.5) is 11.4 Å². The number of aryl methyl sites for hydroxylation is 2. The molecule has 8 heteroatoms. The molecule has 142 valence electrons. The molecule has 0 unspecified atom stereocenters. The predicted molar refractivity (Wildman–Crippen MR) is 115 cm³/mol. The van der Waals surface area contributed by atoms with Gasteiger partial charge in [-0.1, -0.05) is 41.6 Å². The molecule has 6 nitrogen and oxygen atoms in total. The van der Waals surface area contributed by atoms with Crippen molar-refractivity contribution in [3.63, 3.8) is 0 Å². The van der Waals surface area contributed by atoms with Crippen LogP contribution in [0.5, 0.6) is 0 Å². The summed E-state index contributed by atoms with van der Waals surface area (Å²) in [4.78, 5) is 4.64. The summed E-state index contributed by atoms with van der Waals surface area (Å²) in [6.07, 6.45) is 1.18. The Hall–Kier alpha value is -2.32. The average molecular weight is 403 g/mol. The van der Waals surface area contributed by atoms with E-state index in [2.05, 4.69) is 28.5 Å². The van der Waals surface area contributed by atoms with Crippen molar-refractivity contribution in [1.82, 2.24) is 5.43 Å². The van der Waals surface area contributed by atoms with Crippen LogP contribution in [0.1, 0.15) is 16.7 Å². The quantitative estimate of drug-likeness (QED) is 0.850. The van der Waals surface area contributed by atoms with Gasteiger partial charge in [0.2, 0.25) is 10.0 Å². The van der Waals surface area contributed by atoms with Crippen molar-refractivity contribution >= 4 is 44.0 Å². The molecule has 27 heavy (non-hydrogen) atoms. The average Bonchev–Trinajstić information content (AvgIpc) is 2.63. The molecule has 2 aromatic carbocycles. The molecule has 0 atom stereocenters. The van der Waals surface area contributed by atoms with E-state index >= 15 is 0 Å². The summed E-state index contributed by atoms with van der Waals surface area (Å²) in [6.45, 7) is 4.11. The van der Waals surface area contributed by atoms with Gasteiger partial charge in [0.05, 0.1) is 23.3 Å². The van der Waals surface area contributed by atoms with Gasteiger partial charge in [-0.05, 0) is 43.2 Å². The molecular weight excluding hydrogens is 380 g/mol. The fourth-order valence-electron chi connectivity index (χ4n) is 2.62. The van der Waals surface area contributed by atoms with Gasteiger partial charge in [-0.25, -0.2) is 13.4 Å². The molecule has 0 aliphatic carbocycles. The highest BCUT2D eigenvalue weighted by atomic mass is 32.2. The summed E-state index contributed by atoms with van der Waals surface area (Å²) in [5, 5.41) is 5.19. The smallest absolute Gasteiger partial charge is 0.231 e. The van der Waals surface area contributed by atoms with Crippen molar-refractivity contribution < 1.29 is 8.42 Å². The monoisotopic (exact) mass is 402 g/mol. The van der Waals surface area contributed by atoms with Gasteiger partial charge in [0.15, 0.2) is 5.17 Å². The van der Waals surface area contributed by atoms with Crippen molar-refractivity contribution in [2.24, 2.45) is 10.1 Å². The normalized spacial score (nSPS) is 16.0. The van der Waals surface area contributed by atoms with E-state index < -0.39 is 10.0 Å². The lowest BCUT2D eigenvalue weighted by atomic mass is 10.1. The minimum absolute atomic E-state index is 0.621. The van der Waals surface area contributed by atoms with Crippen molar-refractivity contribution in [1.29, 1.82) is 0 Å². The van der Waals surface area contributed by atoms with Gasteiger partial charge in [-0.2, -0.15) is 5.10 Å². The number of sulfonamides is 1. The van der Waals surface area contributed by atoms with Crippen LogP contribution in [0, 0.1) is 13.8 Å². The molecule has 1 heterocycles. The van der Waals surface area contributed by atoms with Crippen molar-refractivity contribution in [2.75, 3.05) is 23.4 Å². The molecule has 0 spiro atoms. The van der Waals surface area contributed by atoms with E-state index in [0.29, 0.717) is 11.4 Å². The van der Waals surface area contributed by atoms with E-state index in [9.17, 15) is 8.42 Å². The van der Waals surface area contributed by atoms with E-state index in [1.807, 2.05) is 31.2 Å². The molecule has 3 rings (SSSR count). The summed E-state index contributed by atoms with van der Waals surface area (Å²) in [7, 11) is -1.73. The van der Waals surface area contributed by atoms with Crippen LogP contribution < -0.4 is 9.73 Å². The molecule has 0 bridgehead atoms. The van der Waals surface area contributed by atoms with Gasteiger partial charge >= 0.3 is 0 Å². The second-order valence-corrected chi connectivity index (χ2v) is 9.42. The number of thioether (sulfide) groups is 1. The highest BCUT2D eigenvalue weighted by Crippen LogP contribution is 2.23. The van der Waals surface area contributed by atoms with Gasteiger partial charge in [-0.15, -0.1) is 0 Å². The Kier molecular flexibility index (Phi) is 5.57. The number of anilines is 1. The van der Waals surface area contributed by atoms with Gasteiger partial charge in [0, 0.05) is 12.8 Å². The number of hydrazone groups is 1. The van der Waals surface area contributed by atoms with Gasteiger partial charge in [0.1, 0.15) is 0 Å². The number of hydrogen-bond acceptors (Lipinski definition) is 5. The Labute approximate surface area is 164 Å². The molecule has 0 aromatic heterocycles. The topological polar surface area (TPSA) is 74.1 Å². The molecule has 2 aromatic rings. The van der Waals surface area contributed by atoms with E-state index in [1.165, 1.54) is 23.2 Å². The van der Waals surface area contributed by atoms with Crippen LogP contribution in [0.2, 0.25) is 0 Å². The summed E-state index contributed by atoms with van der Waals surface area (Å²) >= 11 is 1.59. The molecule has 1 aliphatic heterocycles. The number of rotatable bonds is 4. The van der Waals surface area contributed by atoms with Gasteiger partial charge < -0.3 is 0 Å². The summed E-state index contributed by atoms with van der Waals surface area (Å²) in [5.41, 5.74) is 8.76. The van der Waals surface area contributed by atoms with Crippen LogP contribution >= 0.6 is 11.8 Å². The SMILES string of the molecule is Cc1ccc(N=C2NN=C(c3ccc(N(C)S(C)(=O)=O)cc3)CS2)c(C)c1. The first-order valence-electron chi connectivity index (χ1n) is 8.40. The standard InChI is InChI=1S/C19H22N4O2S2/c1-13-5-10-17(14(2)11-13)20-19-22-21-18(12-26-19)15-6-8-16(9-7-15)23(3)27(4,24)25/h5-11H,12H2,1-4H3,(H,20,22). The first-order chi connectivity index (χ1) is 12.7. The van der Waals surface area contributed by atoms with Crippen molar-refractivity contribution in [2.45, 2.75) is 13.8 Å². The van der Waals surface area contributed by atoms with E-state index in [1.54, 1.807) is 23.9 Å². The molecule has 0 saturated heterocycles. The third kappa shape index (κ3) is 4.70. The lowest BCUT2D eigenvalue weighted by Crippen LogP contribution is -2.26. The maximum atomic E-state index is 11.6. The Morgan fingerprint density at radius 2 is 1.85 bits per heavy atom. The number of hydrogen-bond donors (Lipinski definition) is 1. The van der Waals surface area contributed by atoms with Crippen molar-refractivity contribution in [3.05, 3.63) is 59.2 Å². The van der Waals surface area contributed by atoms with Gasteiger partial charge in [0.25, 0.3) is 0 Å². The molecule has 1 N–H and O–H groups in total. The number of aliphatic imine (C=N–C) groups is 1. The third-order valence-electron chi connectivity index (χ3n) is 4.27. The molecule has 0 fully saturated rings. The zero-order valence-electron chi connectivity index (χ0n) is 15.7. The lowest BCUT2D eigenvalue weighted by molar-refractivity contribution is 0.600. The Bertz CT molecular complexity index is 1010. The third-order valence-corrected chi connectivity index (χ3v) is 6.35. The largest absolute Gasteiger partial charge is 0.274 e. The van der Waals surface area contributed by atoms with E-state index in [0.717, 1.165) is 27.7 Å². The minimum atomic E-state index is -3.27. The number of benzene rings is 2.